The van der Waals surface area contributed by atoms with Crippen molar-refractivity contribution in [1.82, 2.24) is 16.0 Å². The first-order valence-corrected chi connectivity index (χ1v) is 11.9. The Kier molecular flexibility index (Phi) is 11.5. The third-order valence-corrected chi connectivity index (χ3v) is 5.46. The number of carboxylic acid groups (broad SMARTS) is 1. The fourth-order valence-corrected chi connectivity index (χ4v) is 3.32. The molecule has 208 valence electrons. The Bertz CT molecular complexity index is 1190. The van der Waals surface area contributed by atoms with E-state index in [0.717, 1.165) is 5.56 Å². The van der Waals surface area contributed by atoms with Crippen LogP contribution >= 0.6 is 0 Å². The molecule has 0 saturated heterocycles. The van der Waals surface area contributed by atoms with Gasteiger partial charge in [0.2, 0.25) is 23.6 Å². The molecule has 39 heavy (non-hydrogen) atoms. The van der Waals surface area contributed by atoms with Crippen LogP contribution in [0.5, 0.6) is 0 Å². The number of nitro groups is 1. The van der Waals surface area contributed by atoms with E-state index in [0.29, 0.717) is 0 Å². The van der Waals surface area contributed by atoms with Crippen molar-refractivity contribution in [3.63, 3.8) is 0 Å². The van der Waals surface area contributed by atoms with Crippen molar-refractivity contribution < 1.29 is 34.0 Å². The van der Waals surface area contributed by atoms with Gasteiger partial charge in [-0.15, -0.1) is 0 Å². The highest BCUT2D eigenvalue weighted by Gasteiger charge is 2.25. The maximum atomic E-state index is 13.0. The van der Waals surface area contributed by atoms with E-state index in [1.54, 1.807) is 30.3 Å². The van der Waals surface area contributed by atoms with Crippen molar-refractivity contribution >= 4 is 41.0 Å². The quantitative estimate of drug-likeness (QED) is 0.140. The molecule has 7 N–H and O–H groups in total. The van der Waals surface area contributed by atoms with Crippen molar-refractivity contribution in [1.29, 1.82) is 0 Å². The molecule has 0 spiro atoms. The van der Waals surface area contributed by atoms with Crippen molar-refractivity contribution in [2.75, 3.05) is 11.9 Å². The number of nitrogens with zero attached hydrogens (tertiary/aromatic N) is 1. The van der Waals surface area contributed by atoms with Gasteiger partial charge in [0, 0.05) is 30.7 Å². The fraction of sp³-hybridized carbons (Fsp3) is 0.320. The molecule has 0 heterocycles. The summed E-state index contributed by atoms with van der Waals surface area (Å²) in [6.45, 7) is 0.896. The van der Waals surface area contributed by atoms with Gasteiger partial charge in [0.25, 0.3) is 5.69 Å². The minimum atomic E-state index is -1.11. The van der Waals surface area contributed by atoms with Gasteiger partial charge in [0.15, 0.2) is 0 Å². The highest BCUT2D eigenvalue weighted by Crippen LogP contribution is 2.16. The molecule has 14 heteroatoms. The van der Waals surface area contributed by atoms with Gasteiger partial charge in [0.1, 0.15) is 12.1 Å². The van der Waals surface area contributed by atoms with Gasteiger partial charge >= 0.3 is 5.97 Å². The number of rotatable bonds is 14. The van der Waals surface area contributed by atoms with Gasteiger partial charge in [-0.3, -0.25) is 34.1 Å². The minimum absolute atomic E-state index is 0.105. The topological polar surface area (TPSA) is 223 Å². The number of non-ortho nitro benzene ring substituents is 1. The van der Waals surface area contributed by atoms with Crippen LogP contribution in [-0.4, -0.2) is 64.3 Å². The molecule has 0 aliphatic heterocycles. The Morgan fingerprint density at radius 3 is 2.18 bits per heavy atom. The van der Waals surface area contributed by atoms with E-state index >= 15 is 0 Å². The van der Waals surface area contributed by atoms with E-state index in [2.05, 4.69) is 21.3 Å². The standard InChI is InChI=1S/C25H30N6O8/c1-15(28-21(32)14-27-24(36)19(26)11-12-22(33)34)23(35)30-20(13-16-5-3-2-4-6-16)25(37)29-17-7-9-18(10-8-17)31(38)39/h2-10,15,19-20H,11-14,26H2,1H3,(H,27,36)(H,28,32)(H,29,37)(H,30,35)(H,33,34)/t15-,19-,20-/m0/s1. The Hall–Kier alpha value is -4.85. The summed E-state index contributed by atoms with van der Waals surface area (Å²) in [6, 6.07) is 10.8. The molecule has 2 aromatic carbocycles. The molecule has 0 unspecified atom stereocenters. The van der Waals surface area contributed by atoms with Gasteiger partial charge in [-0.1, -0.05) is 30.3 Å². The molecule has 0 bridgehead atoms. The van der Waals surface area contributed by atoms with Crippen LogP contribution in [0.2, 0.25) is 0 Å². The van der Waals surface area contributed by atoms with Crippen LogP contribution < -0.4 is 27.0 Å². The van der Waals surface area contributed by atoms with Gasteiger partial charge in [-0.2, -0.15) is 0 Å². The number of hydrogen-bond donors (Lipinski definition) is 6. The van der Waals surface area contributed by atoms with E-state index in [-0.39, 0.29) is 30.6 Å². The second kappa shape index (κ2) is 14.8. The van der Waals surface area contributed by atoms with Crippen LogP contribution in [0.4, 0.5) is 11.4 Å². The van der Waals surface area contributed by atoms with E-state index in [1.165, 1.54) is 31.2 Å². The zero-order valence-corrected chi connectivity index (χ0v) is 21.1. The molecular formula is C25H30N6O8. The maximum Gasteiger partial charge on any atom is 0.303 e. The summed E-state index contributed by atoms with van der Waals surface area (Å²) in [5, 5.41) is 29.4. The molecule has 3 atom stereocenters. The molecule has 0 fully saturated rings. The molecule has 14 nitrogen and oxygen atoms in total. The number of benzene rings is 2. The lowest BCUT2D eigenvalue weighted by atomic mass is 10.0. The second-order valence-corrected chi connectivity index (χ2v) is 8.59. The summed E-state index contributed by atoms with van der Waals surface area (Å²) in [5.74, 6) is -3.78. The number of nitrogens with two attached hydrogens (primary N) is 1. The molecule has 0 aromatic heterocycles. The zero-order valence-electron chi connectivity index (χ0n) is 21.1. The Morgan fingerprint density at radius 2 is 1.59 bits per heavy atom. The van der Waals surface area contributed by atoms with Crippen molar-refractivity contribution in [2.45, 2.75) is 44.3 Å². The lowest BCUT2D eigenvalue weighted by Gasteiger charge is -2.21. The highest BCUT2D eigenvalue weighted by atomic mass is 16.6. The third kappa shape index (κ3) is 10.6. The zero-order chi connectivity index (χ0) is 28.9. The molecule has 2 aromatic rings. The first-order valence-electron chi connectivity index (χ1n) is 11.9. The van der Waals surface area contributed by atoms with Gasteiger partial charge in [-0.05, 0) is 31.0 Å². The molecular weight excluding hydrogens is 512 g/mol. The summed E-state index contributed by atoms with van der Waals surface area (Å²) >= 11 is 0. The Labute approximate surface area is 223 Å². The van der Waals surface area contributed by atoms with Crippen LogP contribution in [-0.2, 0) is 30.4 Å². The smallest absolute Gasteiger partial charge is 0.303 e. The lowest BCUT2D eigenvalue weighted by molar-refractivity contribution is -0.384. The lowest BCUT2D eigenvalue weighted by Crippen LogP contribution is -2.53. The number of anilines is 1. The molecule has 0 aliphatic carbocycles. The molecule has 0 saturated carbocycles. The third-order valence-electron chi connectivity index (χ3n) is 5.46. The van der Waals surface area contributed by atoms with Crippen molar-refractivity contribution in [3.8, 4) is 0 Å². The minimum Gasteiger partial charge on any atom is -0.481 e. The number of carbonyl (C=O) groups excluding carboxylic acids is 4. The van der Waals surface area contributed by atoms with Crippen LogP contribution in [0.25, 0.3) is 0 Å². The van der Waals surface area contributed by atoms with E-state index < -0.39 is 59.2 Å². The summed E-state index contributed by atoms with van der Waals surface area (Å²) in [4.78, 5) is 70.8. The highest BCUT2D eigenvalue weighted by molar-refractivity contribution is 5.98. The first kappa shape index (κ1) is 30.4. The largest absolute Gasteiger partial charge is 0.481 e. The van der Waals surface area contributed by atoms with Crippen LogP contribution in [0, 0.1) is 10.1 Å². The number of hydrogen-bond acceptors (Lipinski definition) is 8. The SMILES string of the molecule is C[C@H](NC(=O)CNC(=O)[C@@H](N)CCC(=O)O)C(=O)N[C@@H](Cc1ccccc1)C(=O)Nc1ccc([N+](=O)[O-])cc1. The molecule has 4 amide bonds. The average Bonchev–Trinajstić information content (AvgIpc) is 2.90. The van der Waals surface area contributed by atoms with Crippen LogP contribution in [0.15, 0.2) is 54.6 Å². The van der Waals surface area contributed by atoms with Gasteiger partial charge in [-0.25, -0.2) is 0 Å². The fourth-order valence-electron chi connectivity index (χ4n) is 3.32. The van der Waals surface area contributed by atoms with Crippen molar-refractivity contribution in [2.24, 2.45) is 5.73 Å². The number of carboxylic acids is 1. The summed E-state index contributed by atoms with van der Waals surface area (Å²) in [6.07, 6.45) is -0.289. The first-order chi connectivity index (χ1) is 18.5. The monoisotopic (exact) mass is 542 g/mol. The van der Waals surface area contributed by atoms with E-state index in [9.17, 15) is 34.1 Å². The van der Waals surface area contributed by atoms with Gasteiger partial charge < -0.3 is 32.1 Å². The Morgan fingerprint density at radius 1 is 0.949 bits per heavy atom. The maximum absolute atomic E-state index is 13.0. The second-order valence-electron chi connectivity index (χ2n) is 8.59. The average molecular weight is 543 g/mol. The Balaban J connectivity index is 1.98. The predicted molar refractivity (Wildman–Crippen MR) is 139 cm³/mol. The molecule has 2 rings (SSSR count). The van der Waals surface area contributed by atoms with E-state index in [1.807, 2.05) is 0 Å². The summed E-state index contributed by atoms with van der Waals surface area (Å²) < 4.78 is 0. The summed E-state index contributed by atoms with van der Waals surface area (Å²) in [7, 11) is 0. The van der Waals surface area contributed by atoms with Crippen LogP contribution in [0.3, 0.4) is 0 Å². The predicted octanol–water partition coefficient (Wildman–Crippen LogP) is 0.0738. The van der Waals surface area contributed by atoms with Crippen LogP contribution in [0.1, 0.15) is 25.3 Å². The normalized spacial score (nSPS) is 12.8. The number of nitrogens with one attached hydrogen (secondary N) is 4. The molecule has 0 aliphatic rings. The number of carbonyl (C=O) groups is 5. The number of aliphatic carboxylic acids is 1. The van der Waals surface area contributed by atoms with Gasteiger partial charge in [0.05, 0.1) is 17.5 Å². The van der Waals surface area contributed by atoms with E-state index in [4.69, 9.17) is 10.8 Å². The number of nitro benzene ring substituents is 1. The number of amides is 4. The summed E-state index contributed by atoms with van der Waals surface area (Å²) in [5.41, 5.74) is 6.48. The van der Waals surface area contributed by atoms with Crippen molar-refractivity contribution in [3.05, 3.63) is 70.3 Å². The molecule has 0 radical (unpaired) electrons.